The highest BCUT2D eigenvalue weighted by atomic mass is 32.1. The number of nitriles is 1. The summed E-state index contributed by atoms with van der Waals surface area (Å²) < 4.78 is 12.3. The fourth-order valence-electron chi connectivity index (χ4n) is 8.12. The highest BCUT2D eigenvalue weighted by Gasteiger charge is 2.46. The minimum Gasteiger partial charge on any atom is -0.461 e. The van der Waals surface area contributed by atoms with Gasteiger partial charge in [0.1, 0.15) is 17.7 Å². The maximum absolute atomic E-state index is 9.89. The predicted octanol–water partition coefficient (Wildman–Crippen LogP) is 3.03. The first kappa shape index (κ1) is 26.3. The molecule has 4 saturated heterocycles. The summed E-state index contributed by atoms with van der Waals surface area (Å²) in [5, 5.41) is 18.5. The van der Waals surface area contributed by atoms with Gasteiger partial charge in [-0.05, 0) is 77.8 Å². The summed E-state index contributed by atoms with van der Waals surface area (Å²) in [5.74, 6) is 1.68. The Morgan fingerprint density at radius 2 is 1.86 bits per heavy atom. The molecule has 1 aliphatic carbocycles. The van der Waals surface area contributed by atoms with Gasteiger partial charge in [-0.1, -0.05) is 5.16 Å². The third-order valence-corrected chi connectivity index (χ3v) is 11.3. The van der Waals surface area contributed by atoms with Crippen LogP contribution in [0.5, 0.6) is 6.01 Å². The summed E-state index contributed by atoms with van der Waals surface area (Å²) in [6, 6.07) is 3.49. The summed E-state index contributed by atoms with van der Waals surface area (Å²) in [6.45, 7) is 6.58. The molecule has 4 fully saturated rings. The van der Waals surface area contributed by atoms with E-state index in [0.29, 0.717) is 58.8 Å². The number of fused-ring (bicyclic) bond motifs is 4. The average molecular weight is 589 g/mol. The Morgan fingerprint density at radius 3 is 2.62 bits per heavy atom. The number of hydrogen-bond donors (Lipinski definition) is 2. The zero-order chi connectivity index (χ0) is 28.5. The maximum Gasteiger partial charge on any atom is 0.321 e. The van der Waals surface area contributed by atoms with Crippen LogP contribution < -0.4 is 20.7 Å². The largest absolute Gasteiger partial charge is 0.461 e. The second kappa shape index (κ2) is 9.86. The molecule has 7 heterocycles. The molecule has 5 aliphatic rings. The molecule has 42 heavy (non-hydrogen) atoms. The van der Waals surface area contributed by atoms with Gasteiger partial charge < -0.3 is 25.2 Å². The van der Waals surface area contributed by atoms with Crippen molar-refractivity contribution in [3.8, 4) is 23.7 Å². The lowest BCUT2D eigenvalue weighted by Crippen LogP contribution is -2.51. The molecule has 0 amide bonds. The lowest BCUT2D eigenvalue weighted by atomic mass is 9.72. The summed E-state index contributed by atoms with van der Waals surface area (Å²) in [5.41, 5.74) is 7.15. The molecule has 220 valence electrons. The van der Waals surface area contributed by atoms with Crippen molar-refractivity contribution < 1.29 is 9.26 Å². The van der Waals surface area contributed by atoms with Crippen LogP contribution in [-0.2, 0) is 11.8 Å². The van der Waals surface area contributed by atoms with Crippen molar-refractivity contribution in [1.82, 2.24) is 35.3 Å². The lowest BCUT2D eigenvalue weighted by molar-refractivity contribution is 0.107. The fraction of sp³-hybridized carbons (Fsp3) is 0.655. The van der Waals surface area contributed by atoms with Crippen LogP contribution in [0.2, 0.25) is 0 Å². The Hall–Kier alpha value is -3.34. The van der Waals surface area contributed by atoms with Crippen LogP contribution >= 0.6 is 11.3 Å². The number of nitrogens with zero attached hydrogens (tertiary/aromatic N) is 8. The van der Waals surface area contributed by atoms with Gasteiger partial charge in [-0.15, -0.1) is 11.3 Å². The van der Waals surface area contributed by atoms with Crippen LogP contribution in [0.3, 0.4) is 0 Å². The van der Waals surface area contributed by atoms with Crippen LogP contribution in [-0.4, -0.2) is 80.4 Å². The van der Waals surface area contributed by atoms with Gasteiger partial charge in [0.25, 0.3) is 0 Å². The van der Waals surface area contributed by atoms with Crippen LogP contribution in [0.15, 0.2) is 4.52 Å². The van der Waals surface area contributed by atoms with Crippen LogP contribution in [0.25, 0.3) is 11.6 Å². The number of aromatic nitrogens is 5. The zero-order valence-electron chi connectivity index (χ0n) is 23.9. The number of ether oxygens (including phenoxy) is 1. The molecule has 13 heteroatoms. The molecule has 8 rings (SSSR count). The van der Waals surface area contributed by atoms with E-state index in [-0.39, 0.29) is 5.54 Å². The normalized spacial score (nSPS) is 28.0. The number of nitrogens with two attached hydrogens (primary N) is 1. The minimum atomic E-state index is -0.613. The Labute approximate surface area is 248 Å². The number of nitrogens with one attached hydrogen (secondary N) is 1. The number of rotatable bonds is 6. The van der Waals surface area contributed by atoms with E-state index >= 15 is 0 Å². The molecule has 3 aromatic heterocycles. The molecule has 2 bridgehead atoms. The Balaban J connectivity index is 1.14. The fourth-order valence-corrected chi connectivity index (χ4v) is 9.31. The van der Waals surface area contributed by atoms with Crippen molar-refractivity contribution >= 4 is 22.3 Å². The second-order valence-corrected chi connectivity index (χ2v) is 14.0. The molecule has 3 N–H and O–H groups in total. The van der Waals surface area contributed by atoms with Gasteiger partial charge >= 0.3 is 6.01 Å². The molecule has 3 atom stereocenters. The van der Waals surface area contributed by atoms with E-state index in [2.05, 4.69) is 33.3 Å². The third kappa shape index (κ3) is 4.18. The highest BCUT2D eigenvalue weighted by Crippen LogP contribution is 2.48. The summed E-state index contributed by atoms with van der Waals surface area (Å²) >= 11 is 1.49. The van der Waals surface area contributed by atoms with Crippen LogP contribution in [0.1, 0.15) is 80.2 Å². The second-order valence-electron chi connectivity index (χ2n) is 12.9. The van der Waals surface area contributed by atoms with E-state index in [0.717, 1.165) is 81.6 Å². The molecule has 0 spiro atoms. The number of anilines is 2. The average Bonchev–Trinajstić information content (AvgIpc) is 3.81. The Kier molecular flexibility index (Phi) is 6.17. The van der Waals surface area contributed by atoms with Gasteiger partial charge in [0.05, 0.1) is 16.5 Å². The van der Waals surface area contributed by atoms with Crippen molar-refractivity contribution in [2.24, 2.45) is 0 Å². The van der Waals surface area contributed by atoms with Crippen LogP contribution in [0.4, 0.5) is 10.9 Å². The monoisotopic (exact) mass is 588 g/mol. The Bertz CT molecular complexity index is 1540. The van der Waals surface area contributed by atoms with E-state index in [1.165, 1.54) is 24.2 Å². The number of piperazine rings is 1. The van der Waals surface area contributed by atoms with E-state index in [1.807, 2.05) is 0 Å². The topological polar surface area (TPSA) is 155 Å². The van der Waals surface area contributed by atoms with E-state index < -0.39 is 5.41 Å². The standard InChI is InChI=1S/C29H36N10O2S/c1-28(8-2-5-20-21(28)19(13-30)22(31)42-20)25-33-24(37-41-25)23-34-26(38-14-17-6-7-18(15-38)32-17)36-27(35-23)40-16-29-9-3-11-39(29)12-4-10-29/h17-18,32H,2-12,14-16,31H2,1H3/t17-,18+,28-/m0/s1. The van der Waals surface area contributed by atoms with Crippen molar-refractivity contribution in [3.05, 3.63) is 21.9 Å². The maximum atomic E-state index is 9.89. The van der Waals surface area contributed by atoms with Gasteiger partial charge in [-0.3, -0.25) is 4.90 Å². The molecular weight excluding hydrogens is 552 g/mol. The minimum absolute atomic E-state index is 0.0779. The first-order valence-corrected chi connectivity index (χ1v) is 16.1. The molecule has 0 saturated carbocycles. The molecule has 0 aromatic carbocycles. The smallest absolute Gasteiger partial charge is 0.321 e. The highest BCUT2D eigenvalue weighted by molar-refractivity contribution is 7.16. The molecule has 0 unspecified atom stereocenters. The van der Waals surface area contributed by atoms with Gasteiger partial charge in [0, 0.05) is 35.6 Å². The van der Waals surface area contributed by atoms with Gasteiger partial charge in [0.15, 0.2) is 0 Å². The van der Waals surface area contributed by atoms with Crippen molar-refractivity contribution in [1.29, 1.82) is 5.26 Å². The first-order valence-electron chi connectivity index (χ1n) is 15.3. The van der Waals surface area contributed by atoms with Crippen molar-refractivity contribution in [2.75, 3.05) is 43.4 Å². The zero-order valence-corrected chi connectivity index (χ0v) is 24.8. The summed E-state index contributed by atoms with van der Waals surface area (Å²) in [7, 11) is 0. The number of nitrogen functional groups attached to an aromatic ring is 1. The molecule has 4 aliphatic heterocycles. The van der Waals surface area contributed by atoms with Crippen molar-refractivity contribution in [3.63, 3.8) is 0 Å². The predicted molar refractivity (Wildman–Crippen MR) is 156 cm³/mol. The molecule has 12 nitrogen and oxygen atoms in total. The molecule has 3 aromatic rings. The molecule has 0 radical (unpaired) electrons. The lowest BCUT2D eigenvalue weighted by Gasteiger charge is -2.33. The SMILES string of the molecule is C[C@]1(c2nc(-c3nc(OCC45CCCN4CCC5)nc(N4C[C@H]5CC[C@@H](C4)N5)n3)no2)CCCc2sc(N)c(C#N)c21. The quantitative estimate of drug-likeness (QED) is 0.435. The Morgan fingerprint density at radius 1 is 1.07 bits per heavy atom. The third-order valence-electron chi connectivity index (χ3n) is 10.2. The van der Waals surface area contributed by atoms with Crippen LogP contribution in [0, 0.1) is 11.3 Å². The van der Waals surface area contributed by atoms with E-state index in [1.54, 1.807) is 0 Å². The van der Waals surface area contributed by atoms with E-state index in [4.69, 9.17) is 34.9 Å². The van der Waals surface area contributed by atoms with Gasteiger partial charge in [-0.2, -0.15) is 25.2 Å². The van der Waals surface area contributed by atoms with Gasteiger partial charge in [0.2, 0.25) is 23.5 Å². The van der Waals surface area contributed by atoms with Gasteiger partial charge in [-0.25, -0.2) is 0 Å². The summed E-state index contributed by atoms with van der Waals surface area (Å²) in [4.78, 5) is 25.2. The number of hydrogen-bond acceptors (Lipinski definition) is 13. The van der Waals surface area contributed by atoms with Crippen molar-refractivity contribution in [2.45, 2.75) is 87.7 Å². The van der Waals surface area contributed by atoms with E-state index in [9.17, 15) is 5.26 Å². The first-order chi connectivity index (χ1) is 20.4. The number of aryl methyl sites for hydroxylation is 1. The number of thiophene rings is 1. The summed E-state index contributed by atoms with van der Waals surface area (Å²) in [6.07, 6.45) is 9.64. The molecular formula is C29H36N10O2S.